The van der Waals surface area contributed by atoms with Crippen LogP contribution in [0.15, 0.2) is 30.2 Å². The summed E-state index contributed by atoms with van der Waals surface area (Å²) >= 11 is 0. The summed E-state index contributed by atoms with van der Waals surface area (Å²) in [6, 6.07) is 6.13. The van der Waals surface area contributed by atoms with Gasteiger partial charge in [0.15, 0.2) is 5.76 Å². The van der Waals surface area contributed by atoms with Crippen LogP contribution in [-0.2, 0) is 4.74 Å². The highest BCUT2D eigenvalue weighted by Gasteiger charge is 2.12. The quantitative estimate of drug-likeness (QED) is 0.510. The van der Waals surface area contributed by atoms with Gasteiger partial charge >= 0.3 is 0 Å². The summed E-state index contributed by atoms with van der Waals surface area (Å²) in [5.74, 6) is 1.79. The molecule has 1 heterocycles. The predicted molar refractivity (Wildman–Crippen MR) is 50.6 cm³/mol. The van der Waals surface area contributed by atoms with E-state index in [0.717, 1.165) is 11.5 Å². The second-order valence-electron chi connectivity index (χ2n) is 3.31. The van der Waals surface area contributed by atoms with Crippen molar-refractivity contribution in [1.82, 2.24) is 0 Å². The van der Waals surface area contributed by atoms with Crippen molar-refractivity contribution < 1.29 is 9.47 Å². The van der Waals surface area contributed by atoms with Crippen molar-refractivity contribution in [2.75, 3.05) is 6.61 Å². The van der Waals surface area contributed by atoms with E-state index in [2.05, 4.69) is 19.9 Å². The fourth-order valence-corrected chi connectivity index (χ4v) is 1.24. The van der Waals surface area contributed by atoms with Gasteiger partial charge in [0.05, 0.1) is 0 Å². The van der Waals surface area contributed by atoms with Gasteiger partial charge in [0.2, 0.25) is 0 Å². The Morgan fingerprint density at radius 3 is 2.38 bits per heavy atom. The zero-order chi connectivity index (χ0) is 9.26. The van der Waals surface area contributed by atoms with Gasteiger partial charge in [-0.1, -0.05) is 6.07 Å². The molecule has 0 aromatic heterocycles. The maximum atomic E-state index is 5.40. The molecular formula is C11H12O2. The van der Waals surface area contributed by atoms with Crippen LogP contribution in [0.1, 0.15) is 11.1 Å². The van der Waals surface area contributed by atoms with Crippen LogP contribution in [0.2, 0.25) is 0 Å². The molecule has 2 heteroatoms. The lowest BCUT2D eigenvalue weighted by atomic mass is 10.1. The summed E-state index contributed by atoms with van der Waals surface area (Å²) in [7, 11) is 0. The molecule has 0 saturated carbocycles. The number of aryl methyl sites for hydroxylation is 2. The Hall–Kier alpha value is -1.44. The molecule has 0 N–H and O–H groups in total. The molecule has 1 aromatic carbocycles. The molecule has 0 bridgehead atoms. The Morgan fingerprint density at radius 2 is 1.85 bits per heavy atom. The lowest BCUT2D eigenvalue weighted by Crippen LogP contribution is -1.84. The van der Waals surface area contributed by atoms with E-state index in [0.29, 0.717) is 6.61 Å². The number of ether oxygens (including phenoxy) is 2. The van der Waals surface area contributed by atoms with Crippen molar-refractivity contribution in [2.45, 2.75) is 13.8 Å². The second-order valence-corrected chi connectivity index (χ2v) is 3.31. The lowest BCUT2D eigenvalue weighted by molar-refractivity contribution is 0.449. The van der Waals surface area contributed by atoms with E-state index in [1.54, 1.807) is 6.26 Å². The Labute approximate surface area is 77.8 Å². The minimum absolute atomic E-state index is 0.713. The van der Waals surface area contributed by atoms with Crippen molar-refractivity contribution in [1.29, 1.82) is 0 Å². The molecule has 1 saturated heterocycles. The van der Waals surface area contributed by atoms with Gasteiger partial charge in [-0.3, -0.25) is 0 Å². The number of benzene rings is 1. The summed E-state index contributed by atoms with van der Waals surface area (Å²) in [6.07, 6.45) is 1.66. The van der Waals surface area contributed by atoms with Gasteiger partial charge in [-0.15, -0.1) is 0 Å². The molecule has 13 heavy (non-hydrogen) atoms. The molecule has 2 rings (SSSR count). The summed E-state index contributed by atoms with van der Waals surface area (Å²) in [6.45, 7) is 4.83. The van der Waals surface area contributed by atoms with Crippen LogP contribution in [0.25, 0.3) is 0 Å². The largest absolute Gasteiger partial charge is 0.483 e. The summed E-state index contributed by atoms with van der Waals surface area (Å²) in [5.41, 5.74) is 2.43. The molecule has 68 valence electrons. The molecule has 0 radical (unpaired) electrons. The monoisotopic (exact) mass is 176 g/mol. The lowest BCUT2D eigenvalue weighted by Gasteiger charge is -2.02. The molecular weight excluding hydrogens is 164 g/mol. The number of hydrogen-bond acceptors (Lipinski definition) is 2. The Morgan fingerprint density at radius 1 is 1.23 bits per heavy atom. The van der Waals surface area contributed by atoms with Crippen LogP contribution in [0.3, 0.4) is 0 Å². The van der Waals surface area contributed by atoms with Crippen LogP contribution >= 0.6 is 0 Å². The third-order valence-electron chi connectivity index (χ3n) is 1.83. The average molecular weight is 176 g/mol. The van der Waals surface area contributed by atoms with Crippen LogP contribution in [0.4, 0.5) is 0 Å². The zero-order valence-electron chi connectivity index (χ0n) is 7.83. The fourth-order valence-electron chi connectivity index (χ4n) is 1.24. The normalized spacial score (nSPS) is 16.9. The Bertz CT molecular complexity index is 327. The first-order valence-electron chi connectivity index (χ1n) is 4.31. The smallest absolute Gasteiger partial charge is 0.169 e. The average Bonchev–Trinajstić information content (AvgIpc) is 2.81. The topological polar surface area (TPSA) is 21.8 Å². The minimum Gasteiger partial charge on any atom is -0.483 e. The van der Waals surface area contributed by atoms with Crippen molar-refractivity contribution in [3.05, 3.63) is 41.3 Å². The van der Waals surface area contributed by atoms with Crippen LogP contribution in [0, 0.1) is 13.8 Å². The number of rotatable bonds is 2. The summed E-state index contributed by atoms with van der Waals surface area (Å²) in [4.78, 5) is 0. The van der Waals surface area contributed by atoms with Gasteiger partial charge < -0.3 is 9.47 Å². The molecule has 0 amide bonds. The second kappa shape index (κ2) is 3.13. The van der Waals surface area contributed by atoms with Crippen molar-refractivity contribution >= 4 is 0 Å². The van der Waals surface area contributed by atoms with Gasteiger partial charge in [0.1, 0.15) is 18.6 Å². The molecule has 1 aliphatic rings. The van der Waals surface area contributed by atoms with Gasteiger partial charge in [-0.2, -0.15) is 0 Å². The van der Waals surface area contributed by atoms with E-state index in [-0.39, 0.29) is 0 Å². The van der Waals surface area contributed by atoms with Crippen molar-refractivity contribution in [2.24, 2.45) is 0 Å². The molecule has 0 atom stereocenters. The van der Waals surface area contributed by atoms with Gasteiger partial charge in [-0.25, -0.2) is 0 Å². The molecule has 1 fully saturated rings. The highest BCUT2D eigenvalue weighted by atomic mass is 16.6. The first-order valence-corrected chi connectivity index (χ1v) is 4.31. The molecule has 0 aliphatic carbocycles. The van der Waals surface area contributed by atoms with E-state index >= 15 is 0 Å². The molecule has 1 aliphatic heterocycles. The SMILES string of the molecule is Cc1cc(C)cc(O/C=C2/CO2)c1. The third kappa shape index (κ3) is 2.25. The highest BCUT2D eigenvalue weighted by Crippen LogP contribution is 2.19. The highest BCUT2D eigenvalue weighted by molar-refractivity contribution is 5.33. The molecule has 0 spiro atoms. The maximum absolute atomic E-state index is 5.40. The van der Waals surface area contributed by atoms with E-state index < -0.39 is 0 Å². The van der Waals surface area contributed by atoms with Crippen LogP contribution in [0.5, 0.6) is 5.75 Å². The van der Waals surface area contributed by atoms with E-state index in [1.165, 1.54) is 11.1 Å². The number of epoxide rings is 1. The predicted octanol–water partition coefficient (Wildman–Crippen LogP) is 2.55. The van der Waals surface area contributed by atoms with Crippen molar-refractivity contribution in [3.63, 3.8) is 0 Å². The molecule has 2 nitrogen and oxygen atoms in total. The first kappa shape index (κ1) is 8.17. The molecule has 0 unspecified atom stereocenters. The molecule has 1 aromatic rings. The fraction of sp³-hybridized carbons (Fsp3) is 0.273. The third-order valence-corrected chi connectivity index (χ3v) is 1.83. The van der Waals surface area contributed by atoms with E-state index in [9.17, 15) is 0 Å². The standard InChI is InChI=1S/C11H12O2/c1-8-3-9(2)5-10(4-8)12-6-11-7-13-11/h3-6H,7H2,1-2H3/b11-6-. The van der Waals surface area contributed by atoms with Crippen LogP contribution < -0.4 is 4.74 Å². The van der Waals surface area contributed by atoms with Gasteiger partial charge in [0.25, 0.3) is 0 Å². The van der Waals surface area contributed by atoms with Gasteiger partial charge in [0, 0.05) is 0 Å². The van der Waals surface area contributed by atoms with Gasteiger partial charge in [-0.05, 0) is 37.1 Å². The summed E-state index contributed by atoms with van der Waals surface area (Å²) in [5, 5.41) is 0. The maximum Gasteiger partial charge on any atom is 0.169 e. The van der Waals surface area contributed by atoms with E-state index in [4.69, 9.17) is 9.47 Å². The summed E-state index contributed by atoms with van der Waals surface area (Å²) < 4.78 is 10.3. The first-order chi connectivity index (χ1) is 6.24. The van der Waals surface area contributed by atoms with Crippen molar-refractivity contribution in [3.8, 4) is 5.75 Å². The Kier molecular flexibility index (Phi) is 1.97. The van der Waals surface area contributed by atoms with Crippen LogP contribution in [-0.4, -0.2) is 6.61 Å². The zero-order valence-corrected chi connectivity index (χ0v) is 7.83. The van der Waals surface area contributed by atoms with E-state index in [1.807, 2.05) is 12.1 Å². The minimum atomic E-state index is 0.713. The number of hydrogen-bond donors (Lipinski definition) is 0. The Balaban J connectivity index is 2.14.